The van der Waals surface area contributed by atoms with Crippen LogP contribution in [0.5, 0.6) is 0 Å². The molecule has 41 heavy (non-hydrogen) atoms. The van der Waals surface area contributed by atoms with Gasteiger partial charge in [0.25, 0.3) is 0 Å². The molecule has 0 N–H and O–H groups in total. The first-order chi connectivity index (χ1) is 20.3. The molecule has 0 saturated heterocycles. The van der Waals surface area contributed by atoms with Crippen LogP contribution in [0.2, 0.25) is 0 Å². The molecular weight excluding hydrogens is 502 g/mol. The lowest BCUT2D eigenvalue weighted by molar-refractivity contribution is 0.671. The van der Waals surface area contributed by atoms with E-state index in [-0.39, 0.29) is 0 Å². The van der Waals surface area contributed by atoms with Gasteiger partial charge < -0.3 is 13.6 Å². The summed E-state index contributed by atoms with van der Waals surface area (Å²) < 4.78 is 11.0. The molecule has 0 radical (unpaired) electrons. The van der Waals surface area contributed by atoms with Crippen LogP contribution in [0, 0.1) is 11.3 Å². The lowest BCUT2D eigenvalue weighted by atomic mass is 10.1. The summed E-state index contributed by atoms with van der Waals surface area (Å²) in [6.45, 7) is 0. The van der Waals surface area contributed by atoms with E-state index in [1.165, 1.54) is 10.8 Å². The standard InChI is InChI=1S/C37H21N3O/c38-22-29-33(39-30-14-5-1-10-23(30)24-11-2-6-15-31(24)39)17-9-18-34(29)40-32-16-7-3-12-25(32)27-20-21-28-26-13-4-8-19-35(26)41-37(28)36(27)40/h1-21H. The minimum absolute atomic E-state index is 0.606. The zero-order valence-electron chi connectivity index (χ0n) is 21.9. The number of hydrogen-bond donors (Lipinski definition) is 0. The number of nitriles is 1. The van der Waals surface area contributed by atoms with E-state index < -0.39 is 0 Å². The average Bonchev–Trinajstić information content (AvgIpc) is 3.68. The predicted octanol–water partition coefficient (Wildman–Crippen LogP) is 9.65. The Morgan fingerprint density at radius 1 is 0.463 bits per heavy atom. The van der Waals surface area contributed by atoms with Crippen molar-refractivity contribution in [2.75, 3.05) is 0 Å². The summed E-state index contributed by atoms with van der Waals surface area (Å²) in [5.41, 5.74) is 8.11. The molecule has 0 bridgehead atoms. The Morgan fingerprint density at radius 2 is 0.976 bits per heavy atom. The Balaban J connectivity index is 1.45. The fraction of sp³-hybridized carbons (Fsp3) is 0. The van der Waals surface area contributed by atoms with Crippen LogP contribution < -0.4 is 0 Å². The summed E-state index contributed by atoms with van der Waals surface area (Å²) in [5, 5.41) is 17.5. The van der Waals surface area contributed by atoms with E-state index >= 15 is 0 Å². The first kappa shape index (κ1) is 22.1. The van der Waals surface area contributed by atoms with E-state index in [2.05, 4.69) is 112 Å². The molecule has 0 atom stereocenters. The molecule has 3 aromatic heterocycles. The van der Waals surface area contributed by atoms with Crippen molar-refractivity contribution in [3.63, 3.8) is 0 Å². The molecule has 0 unspecified atom stereocenters. The van der Waals surface area contributed by atoms with Crippen molar-refractivity contribution >= 4 is 65.6 Å². The van der Waals surface area contributed by atoms with Gasteiger partial charge in [0.15, 0.2) is 5.58 Å². The fourth-order valence-electron chi connectivity index (χ4n) is 6.68. The zero-order valence-corrected chi connectivity index (χ0v) is 21.9. The highest BCUT2D eigenvalue weighted by Gasteiger charge is 2.22. The minimum Gasteiger partial charge on any atom is -0.454 e. The summed E-state index contributed by atoms with van der Waals surface area (Å²) >= 11 is 0. The third-order valence-corrected chi connectivity index (χ3v) is 8.37. The second-order valence-electron chi connectivity index (χ2n) is 10.4. The van der Waals surface area contributed by atoms with Gasteiger partial charge in [-0.3, -0.25) is 0 Å². The van der Waals surface area contributed by atoms with Crippen LogP contribution in [-0.4, -0.2) is 9.13 Å². The van der Waals surface area contributed by atoms with Crippen LogP contribution in [0.15, 0.2) is 132 Å². The molecule has 9 rings (SSSR count). The molecule has 0 aliphatic heterocycles. The molecule has 6 aromatic carbocycles. The maximum Gasteiger partial charge on any atom is 0.160 e. The molecule has 3 heterocycles. The van der Waals surface area contributed by atoms with Gasteiger partial charge in [0.1, 0.15) is 17.2 Å². The molecule has 0 aliphatic rings. The lowest BCUT2D eigenvalue weighted by Crippen LogP contribution is -2.04. The lowest BCUT2D eigenvalue weighted by Gasteiger charge is -2.15. The van der Waals surface area contributed by atoms with Gasteiger partial charge in [0.2, 0.25) is 0 Å². The van der Waals surface area contributed by atoms with Crippen LogP contribution >= 0.6 is 0 Å². The van der Waals surface area contributed by atoms with Gasteiger partial charge in [-0.1, -0.05) is 84.9 Å². The van der Waals surface area contributed by atoms with E-state index in [1.54, 1.807) is 0 Å². The monoisotopic (exact) mass is 523 g/mol. The third kappa shape index (κ3) is 2.87. The second kappa shape index (κ2) is 8.11. The van der Waals surface area contributed by atoms with Crippen LogP contribution in [0.1, 0.15) is 5.56 Å². The SMILES string of the molecule is N#Cc1c(-n2c3ccccc3c3ccccc32)cccc1-n1c2ccccc2c2ccc3c4ccccc4oc3c21. The Bertz CT molecular complexity index is 2500. The summed E-state index contributed by atoms with van der Waals surface area (Å²) in [7, 11) is 0. The smallest absolute Gasteiger partial charge is 0.160 e. The van der Waals surface area contributed by atoms with E-state index in [1.807, 2.05) is 30.3 Å². The molecule has 9 aromatic rings. The minimum atomic E-state index is 0.606. The normalized spacial score (nSPS) is 11.9. The van der Waals surface area contributed by atoms with Crippen LogP contribution in [0.25, 0.3) is 76.9 Å². The number of aromatic nitrogens is 2. The molecule has 0 saturated carbocycles. The van der Waals surface area contributed by atoms with Crippen LogP contribution in [0.4, 0.5) is 0 Å². The fourth-order valence-corrected chi connectivity index (χ4v) is 6.68. The molecule has 0 fully saturated rings. The van der Waals surface area contributed by atoms with Gasteiger partial charge in [-0.2, -0.15) is 5.26 Å². The van der Waals surface area contributed by atoms with Crippen molar-refractivity contribution in [3.8, 4) is 17.4 Å². The number of hydrogen-bond acceptors (Lipinski definition) is 2. The molecule has 190 valence electrons. The average molecular weight is 524 g/mol. The zero-order chi connectivity index (χ0) is 27.1. The van der Waals surface area contributed by atoms with Crippen molar-refractivity contribution < 1.29 is 4.42 Å². The van der Waals surface area contributed by atoms with Crippen molar-refractivity contribution in [3.05, 3.63) is 133 Å². The van der Waals surface area contributed by atoms with E-state index in [9.17, 15) is 5.26 Å². The Labute approximate surface area is 234 Å². The highest BCUT2D eigenvalue weighted by Crippen LogP contribution is 2.42. The number of fused-ring (bicyclic) bond motifs is 10. The van der Waals surface area contributed by atoms with Crippen molar-refractivity contribution in [1.29, 1.82) is 5.26 Å². The number of para-hydroxylation sites is 4. The molecule has 0 spiro atoms. The summed E-state index contributed by atoms with van der Waals surface area (Å²) in [4.78, 5) is 0. The summed E-state index contributed by atoms with van der Waals surface area (Å²) in [6.07, 6.45) is 0. The van der Waals surface area contributed by atoms with Gasteiger partial charge in [-0.15, -0.1) is 0 Å². The van der Waals surface area contributed by atoms with E-state index in [0.29, 0.717) is 5.56 Å². The molecule has 4 nitrogen and oxygen atoms in total. The van der Waals surface area contributed by atoms with Gasteiger partial charge in [-0.05, 0) is 42.5 Å². The quantitative estimate of drug-likeness (QED) is 0.226. The highest BCUT2D eigenvalue weighted by molar-refractivity contribution is 6.21. The number of nitrogens with zero attached hydrogens (tertiary/aromatic N) is 3. The highest BCUT2D eigenvalue weighted by atomic mass is 16.3. The Morgan fingerprint density at radius 3 is 1.63 bits per heavy atom. The van der Waals surface area contributed by atoms with Crippen molar-refractivity contribution in [2.24, 2.45) is 0 Å². The predicted molar refractivity (Wildman–Crippen MR) is 167 cm³/mol. The van der Waals surface area contributed by atoms with Gasteiger partial charge >= 0.3 is 0 Å². The largest absolute Gasteiger partial charge is 0.454 e. The Hall–Kier alpha value is -5.79. The number of furan rings is 1. The van der Waals surface area contributed by atoms with Gasteiger partial charge in [0, 0.05) is 32.3 Å². The second-order valence-corrected chi connectivity index (χ2v) is 10.4. The maximum absolute atomic E-state index is 10.8. The van der Waals surface area contributed by atoms with Crippen molar-refractivity contribution in [2.45, 2.75) is 0 Å². The first-order valence-corrected chi connectivity index (χ1v) is 13.7. The van der Waals surface area contributed by atoms with Crippen molar-refractivity contribution in [1.82, 2.24) is 9.13 Å². The Kier molecular flexibility index (Phi) is 4.37. The summed E-state index contributed by atoms with van der Waals surface area (Å²) in [6, 6.07) is 46.4. The third-order valence-electron chi connectivity index (χ3n) is 8.37. The van der Waals surface area contributed by atoms with Crippen LogP contribution in [0.3, 0.4) is 0 Å². The topological polar surface area (TPSA) is 46.8 Å². The maximum atomic E-state index is 10.8. The molecule has 4 heteroatoms. The van der Waals surface area contributed by atoms with Crippen LogP contribution in [-0.2, 0) is 0 Å². The molecule has 0 aliphatic carbocycles. The van der Waals surface area contributed by atoms with E-state index in [0.717, 1.165) is 66.2 Å². The first-order valence-electron chi connectivity index (χ1n) is 13.7. The van der Waals surface area contributed by atoms with Gasteiger partial charge in [-0.25, -0.2) is 0 Å². The van der Waals surface area contributed by atoms with E-state index in [4.69, 9.17) is 4.42 Å². The van der Waals surface area contributed by atoms with Gasteiger partial charge in [0.05, 0.1) is 33.4 Å². The summed E-state index contributed by atoms with van der Waals surface area (Å²) in [5.74, 6) is 0. The number of benzene rings is 6. The number of rotatable bonds is 2. The molecule has 0 amide bonds. The molecular formula is C37H21N3O.